The average molecular weight is 314 g/mol. The molecule has 1 aliphatic heterocycles. The summed E-state index contributed by atoms with van der Waals surface area (Å²) in [6.07, 6.45) is 0.0858. The van der Waals surface area contributed by atoms with Gasteiger partial charge in [0, 0.05) is 24.2 Å². The van der Waals surface area contributed by atoms with Crippen LogP contribution < -0.4 is 5.73 Å². The Morgan fingerprint density at radius 1 is 1.48 bits per heavy atom. The van der Waals surface area contributed by atoms with Crippen molar-refractivity contribution < 1.29 is 19.6 Å². The number of halogens is 1. The van der Waals surface area contributed by atoms with Crippen LogP contribution in [0.2, 0.25) is 5.02 Å². The third kappa shape index (κ3) is 2.81. The monoisotopic (exact) mass is 313 g/mol. The van der Waals surface area contributed by atoms with Gasteiger partial charge in [-0.3, -0.25) is 19.7 Å². The first-order chi connectivity index (χ1) is 9.74. The molecule has 0 aliphatic carbocycles. The lowest BCUT2D eigenvalue weighted by atomic mass is 10.0. The summed E-state index contributed by atoms with van der Waals surface area (Å²) in [5, 5.41) is 20.2. The fourth-order valence-electron chi connectivity index (χ4n) is 2.19. The fourth-order valence-corrected chi connectivity index (χ4v) is 2.36. The van der Waals surface area contributed by atoms with Crippen molar-refractivity contribution in [2.75, 3.05) is 13.1 Å². The molecule has 112 valence electrons. The van der Waals surface area contributed by atoms with Crippen molar-refractivity contribution in [3.05, 3.63) is 38.9 Å². The second-order valence-electron chi connectivity index (χ2n) is 4.86. The molecule has 0 saturated carbocycles. The van der Waals surface area contributed by atoms with Crippen LogP contribution in [0, 0.1) is 10.1 Å². The molecular formula is C12H12ClN3O5. The summed E-state index contributed by atoms with van der Waals surface area (Å²) in [6.45, 7) is -0.0872. The quantitative estimate of drug-likeness (QED) is 0.630. The maximum Gasteiger partial charge on any atom is 0.325 e. The first-order valence-corrected chi connectivity index (χ1v) is 6.38. The third-order valence-corrected chi connectivity index (χ3v) is 3.63. The maximum atomic E-state index is 12.3. The lowest BCUT2D eigenvalue weighted by molar-refractivity contribution is -0.385. The Morgan fingerprint density at radius 3 is 2.67 bits per heavy atom. The van der Waals surface area contributed by atoms with Gasteiger partial charge >= 0.3 is 5.97 Å². The summed E-state index contributed by atoms with van der Waals surface area (Å²) in [5.41, 5.74) is 3.60. The van der Waals surface area contributed by atoms with Crippen molar-refractivity contribution in [2.24, 2.45) is 5.73 Å². The number of nitrogens with zero attached hydrogens (tertiary/aromatic N) is 2. The van der Waals surface area contributed by atoms with Gasteiger partial charge in [-0.1, -0.05) is 11.6 Å². The highest BCUT2D eigenvalue weighted by atomic mass is 35.5. The number of carbonyl (C=O) groups is 2. The number of carboxylic acids is 1. The molecule has 0 radical (unpaired) electrons. The van der Waals surface area contributed by atoms with Gasteiger partial charge < -0.3 is 15.7 Å². The van der Waals surface area contributed by atoms with Crippen molar-refractivity contribution >= 4 is 29.2 Å². The molecule has 21 heavy (non-hydrogen) atoms. The van der Waals surface area contributed by atoms with Gasteiger partial charge in [0.25, 0.3) is 11.6 Å². The lowest BCUT2D eigenvalue weighted by Gasteiger charge is -2.20. The van der Waals surface area contributed by atoms with Gasteiger partial charge in [-0.15, -0.1) is 0 Å². The highest BCUT2D eigenvalue weighted by Gasteiger charge is 2.43. The molecule has 2 rings (SSSR count). The van der Waals surface area contributed by atoms with Gasteiger partial charge in [-0.25, -0.2) is 0 Å². The molecule has 1 unspecified atom stereocenters. The molecule has 1 heterocycles. The highest BCUT2D eigenvalue weighted by molar-refractivity contribution is 6.31. The van der Waals surface area contributed by atoms with Crippen molar-refractivity contribution in [3.63, 3.8) is 0 Å². The topological polar surface area (TPSA) is 127 Å². The molecule has 9 heteroatoms. The molecule has 1 atom stereocenters. The van der Waals surface area contributed by atoms with E-state index in [4.69, 9.17) is 22.4 Å². The van der Waals surface area contributed by atoms with E-state index < -0.39 is 22.3 Å². The van der Waals surface area contributed by atoms with E-state index in [2.05, 4.69) is 0 Å². The molecule has 0 spiro atoms. The SMILES string of the molecule is NC1(C(=O)O)CCN(C(=O)c2cc(Cl)ccc2[N+](=O)[O-])C1. The van der Waals surface area contributed by atoms with E-state index in [0.29, 0.717) is 0 Å². The smallest absolute Gasteiger partial charge is 0.325 e. The number of nitro benzene ring substituents is 1. The van der Waals surface area contributed by atoms with Gasteiger partial charge in [0.15, 0.2) is 0 Å². The number of rotatable bonds is 3. The Morgan fingerprint density at radius 2 is 2.14 bits per heavy atom. The number of aliphatic carboxylic acids is 1. The van der Waals surface area contributed by atoms with E-state index in [1.165, 1.54) is 17.0 Å². The third-order valence-electron chi connectivity index (χ3n) is 3.40. The van der Waals surface area contributed by atoms with Crippen LogP contribution in [0.3, 0.4) is 0 Å². The van der Waals surface area contributed by atoms with E-state index in [9.17, 15) is 19.7 Å². The highest BCUT2D eigenvalue weighted by Crippen LogP contribution is 2.27. The van der Waals surface area contributed by atoms with Crippen molar-refractivity contribution in [3.8, 4) is 0 Å². The predicted octanol–water partition coefficient (Wildman–Crippen LogP) is 0.876. The number of carboxylic acid groups (broad SMARTS) is 1. The molecule has 8 nitrogen and oxygen atoms in total. The van der Waals surface area contributed by atoms with Gasteiger partial charge in [0.1, 0.15) is 11.1 Å². The zero-order valence-electron chi connectivity index (χ0n) is 10.8. The van der Waals surface area contributed by atoms with Crippen LogP contribution in [-0.4, -0.2) is 45.4 Å². The maximum absolute atomic E-state index is 12.3. The van der Waals surface area contributed by atoms with E-state index >= 15 is 0 Å². The Bertz CT molecular complexity index is 635. The molecule has 1 fully saturated rings. The Kier molecular flexibility index (Phi) is 3.84. The molecule has 1 amide bonds. The number of carbonyl (C=O) groups excluding carboxylic acids is 1. The van der Waals surface area contributed by atoms with Crippen molar-refractivity contribution in [1.29, 1.82) is 0 Å². The summed E-state index contributed by atoms with van der Waals surface area (Å²) in [7, 11) is 0. The van der Waals surface area contributed by atoms with Gasteiger partial charge in [-0.05, 0) is 18.6 Å². The minimum Gasteiger partial charge on any atom is -0.480 e. The van der Waals surface area contributed by atoms with Crippen LogP contribution in [-0.2, 0) is 4.79 Å². The molecule has 1 saturated heterocycles. The van der Waals surface area contributed by atoms with Crippen LogP contribution in [0.1, 0.15) is 16.8 Å². The molecule has 0 aromatic heterocycles. The van der Waals surface area contributed by atoms with E-state index in [1.807, 2.05) is 0 Å². The molecule has 1 aromatic carbocycles. The number of likely N-dealkylation sites (tertiary alicyclic amines) is 1. The Balaban J connectivity index is 2.32. The number of nitrogens with two attached hydrogens (primary N) is 1. The molecular weight excluding hydrogens is 302 g/mol. The fraction of sp³-hybridized carbons (Fsp3) is 0.333. The predicted molar refractivity (Wildman–Crippen MR) is 73.2 cm³/mol. The second kappa shape index (κ2) is 5.30. The summed E-state index contributed by atoms with van der Waals surface area (Å²) in [6, 6.07) is 3.64. The van der Waals surface area contributed by atoms with Gasteiger partial charge in [0.2, 0.25) is 0 Å². The first kappa shape index (κ1) is 15.2. The van der Waals surface area contributed by atoms with Crippen molar-refractivity contribution in [1.82, 2.24) is 4.90 Å². The first-order valence-electron chi connectivity index (χ1n) is 6.00. The summed E-state index contributed by atoms with van der Waals surface area (Å²) in [4.78, 5) is 34.9. The number of hydrogen-bond donors (Lipinski definition) is 2. The minimum absolute atomic E-state index is 0.0858. The average Bonchev–Trinajstić information content (AvgIpc) is 2.81. The van der Waals surface area contributed by atoms with E-state index in [-0.39, 0.29) is 35.8 Å². The molecule has 1 aromatic rings. The van der Waals surface area contributed by atoms with E-state index in [1.54, 1.807) is 0 Å². The Labute approximate surface area is 124 Å². The van der Waals surface area contributed by atoms with E-state index in [0.717, 1.165) is 6.07 Å². The Hall–Kier alpha value is -2.19. The number of nitro groups is 1. The summed E-state index contributed by atoms with van der Waals surface area (Å²) < 4.78 is 0. The summed E-state index contributed by atoms with van der Waals surface area (Å²) in [5.74, 6) is -1.86. The second-order valence-corrected chi connectivity index (χ2v) is 5.29. The van der Waals surface area contributed by atoms with Crippen LogP contribution in [0.5, 0.6) is 0 Å². The molecule has 3 N–H and O–H groups in total. The van der Waals surface area contributed by atoms with Crippen molar-refractivity contribution in [2.45, 2.75) is 12.0 Å². The number of benzene rings is 1. The van der Waals surface area contributed by atoms with Crippen LogP contribution >= 0.6 is 11.6 Å². The van der Waals surface area contributed by atoms with Crippen LogP contribution in [0.25, 0.3) is 0 Å². The zero-order chi connectivity index (χ0) is 15.8. The number of hydrogen-bond acceptors (Lipinski definition) is 5. The molecule has 0 bridgehead atoms. The number of amides is 1. The van der Waals surface area contributed by atoms with Crippen LogP contribution in [0.15, 0.2) is 18.2 Å². The standard InChI is InChI=1S/C12H12ClN3O5/c13-7-1-2-9(16(20)21)8(5-7)10(17)15-4-3-12(14,6-15)11(18)19/h1-2,5H,3-4,6,14H2,(H,18,19). The lowest BCUT2D eigenvalue weighted by Crippen LogP contribution is -2.50. The van der Waals surface area contributed by atoms with Crippen LogP contribution in [0.4, 0.5) is 5.69 Å². The minimum atomic E-state index is -1.52. The summed E-state index contributed by atoms with van der Waals surface area (Å²) >= 11 is 5.77. The molecule has 1 aliphatic rings. The normalized spacial score (nSPS) is 21.3. The van der Waals surface area contributed by atoms with Gasteiger partial charge in [-0.2, -0.15) is 0 Å². The largest absolute Gasteiger partial charge is 0.480 e. The zero-order valence-corrected chi connectivity index (χ0v) is 11.5. The van der Waals surface area contributed by atoms with Gasteiger partial charge in [0.05, 0.1) is 4.92 Å².